The molecule has 1 saturated heterocycles. The quantitative estimate of drug-likeness (QED) is 0.779. The van der Waals surface area contributed by atoms with Crippen LogP contribution in [-0.2, 0) is 16.1 Å². The predicted molar refractivity (Wildman–Crippen MR) is 93.5 cm³/mol. The van der Waals surface area contributed by atoms with E-state index in [0.717, 1.165) is 26.1 Å². The summed E-state index contributed by atoms with van der Waals surface area (Å²) in [6, 6.07) is 14.7. The average molecular weight is 329 g/mol. The second-order valence-electron chi connectivity index (χ2n) is 5.99. The van der Waals surface area contributed by atoms with E-state index < -0.39 is 0 Å². The third-order valence-corrected chi connectivity index (χ3v) is 5.45. The van der Waals surface area contributed by atoms with Crippen LogP contribution in [0.2, 0.25) is 0 Å². The van der Waals surface area contributed by atoms with Gasteiger partial charge in [-0.2, -0.15) is 0 Å². The molecule has 0 amide bonds. The van der Waals surface area contributed by atoms with Crippen LogP contribution in [0.5, 0.6) is 0 Å². The van der Waals surface area contributed by atoms with Crippen molar-refractivity contribution in [2.75, 3.05) is 19.7 Å². The topological polar surface area (TPSA) is 29.5 Å². The van der Waals surface area contributed by atoms with Gasteiger partial charge in [0, 0.05) is 23.9 Å². The van der Waals surface area contributed by atoms with Crippen molar-refractivity contribution >= 4 is 17.3 Å². The number of rotatable bonds is 5. The van der Waals surface area contributed by atoms with Crippen molar-refractivity contribution in [1.29, 1.82) is 0 Å². The molecule has 23 heavy (non-hydrogen) atoms. The number of likely N-dealkylation sites (tertiary alicyclic amines) is 1. The van der Waals surface area contributed by atoms with E-state index in [4.69, 9.17) is 4.74 Å². The molecule has 0 saturated carbocycles. The third kappa shape index (κ3) is 4.01. The van der Waals surface area contributed by atoms with Crippen molar-refractivity contribution < 1.29 is 9.53 Å². The van der Waals surface area contributed by atoms with Crippen LogP contribution in [0.3, 0.4) is 0 Å². The van der Waals surface area contributed by atoms with Gasteiger partial charge in [-0.15, -0.1) is 11.3 Å². The highest BCUT2D eigenvalue weighted by atomic mass is 32.1. The SMILES string of the molecule is CCOC(=O)[C@@H]1CN(Cc2ccccc2)CC[C@@H]1c1cccs1. The van der Waals surface area contributed by atoms with E-state index in [1.165, 1.54) is 10.4 Å². The zero-order chi connectivity index (χ0) is 16.1. The van der Waals surface area contributed by atoms with Crippen molar-refractivity contribution in [1.82, 2.24) is 4.90 Å². The van der Waals surface area contributed by atoms with Crippen LogP contribution in [0.4, 0.5) is 0 Å². The summed E-state index contributed by atoms with van der Waals surface area (Å²) in [5.41, 5.74) is 1.30. The van der Waals surface area contributed by atoms with E-state index in [-0.39, 0.29) is 11.9 Å². The summed E-state index contributed by atoms with van der Waals surface area (Å²) in [4.78, 5) is 16.1. The van der Waals surface area contributed by atoms with Crippen molar-refractivity contribution in [3.05, 3.63) is 58.3 Å². The zero-order valence-electron chi connectivity index (χ0n) is 13.5. The Bertz CT molecular complexity index is 612. The lowest BCUT2D eigenvalue weighted by Gasteiger charge is -2.37. The molecule has 2 aromatic rings. The Kier molecular flexibility index (Phi) is 5.47. The number of thiophene rings is 1. The zero-order valence-corrected chi connectivity index (χ0v) is 14.3. The molecule has 0 spiro atoms. The second-order valence-corrected chi connectivity index (χ2v) is 6.97. The van der Waals surface area contributed by atoms with E-state index in [2.05, 4.69) is 46.7 Å². The molecule has 1 fully saturated rings. The summed E-state index contributed by atoms with van der Waals surface area (Å²) in [6.45, 7) is 5.02. The standard InChI is InChI=1S/C19H23NO2S/c1-2-22-19(21)17-14-20(13-15-7-4-3-5-8-15)11-10-16(17)18-9-6-12-23-18/h3-9,12,16-17H,2,10-11,13-14H2,1H3/t16-,17+/m0/s1. The third-order valence-electron chi connectivity index (χ3n) is 4.44. The predicted octanol–water partition coefficient (Wildman–Crippen LogP) is 3.92. The summed E-state index contributed by atoms with van der Waals surface area (Å²) in [5.74, 6) is 0.177. The van der Waals surface area contributed by atoms with Crippen LogP contribution >= 0.6 is 11.3 Å². The lowest BCUT2D eigenvalue weighted by molar-refractivity contribution is -0.150. The van der Waals surface area contributed by atoms with Crippen LogP contribution in [0.1, 0.15) is 29.7 Å². The van der Waals surface area contributed by atoms with Gasteiger partial charge in [-0.3, -0.25) is 9.69 Å². The fourth-order valence-corrected chi connectivity index (χ4v) is 4.26. The van der Waals surface area contributed by atoms with Gasteiger partial charge in [0.2, 0.25) is 0 Å². The van der Waals surface area contributed by atoms with Gasteiger partial charge < -0.3 is 4.74 Å². The number of benzene rings is 1. The summed E-state index contributed by atoms with van der Waals surface area (Å²) >= 11 is 1.75. The number of nitrogens with zero attached hydrogens (tertiary/aromatic N) is 1. The number of hydrogen-bond acceptors (Lipinski definition) is 4. The number of carbonyl (C=O) groups excluding carboxylic acids is 1. The van der Waals surface area contributed by atoms with Gasteiger partial charge in [-0.1, -0.05) is 36.4 Å². The largest absolute Gasteiger partial charge is 0.466 e. The van der Waals surface area contributed by atoms with Gasteiger partial charge in [0.1, 0.15) is 0 Å². The summed E-state index contributed by atoms with van der Waals surface area (Å²) < 4.78 is 5.35. The highest BCUT2D eigenvalue weighted by Crippen LogP contribution is 2.36. The lowest BCUT2D eigenvalue weighted by Crippen LogP contribution is -2.43. The summed E-state index contributed by atoms with van der Waals surface area (Å²) in [7, 11) is 0. The maximum absolute atomic E-state index is 12.5. The first kappa shape index (κ1) is 16.2. The van der Waals surface area contributed by atoms with Gasteiger partial charge in [0.25, 0.3) is 0 Å². The maximum atomic E-state index is 12.5. The van der Waals surface area contributed by atoms with E-state index in [9.17, 15) is 4.79 Å². The van der Waals surface area contributed by atoms with Crippen molar-refractivity contribution in [2.24, 2.45) is 5.92 Å². The number of ether oxygens (including phenoxy) is 1. The number of piperidine rings is 1. The van der Waals surface area contributed by atoms with Crippen LogP contribution in [-0.4, -0.2) is 30.6 Å². The fourth-order valence-electron chi connectivity index (χ4n) is 3.34. The molecule has 1 aromatic heterocycles. The van der Waals surface area contributed by atoms with Crippen LogP contribution < -0.4 is 0 Å². The van der Waals surface area contributed by atoms with E-state index in [1.807, 2.05) is 13.0 Å². The first-order valence-electron chi connectivity index (χ1n) is 8.24. The van der Waals surface area contributed by atoms with Crippen LogP contribution in [0.25, 0.3) is 0 Å². The molecule has 1 aliphatic rings. The Morgan fingerprint density at radius 3 is 2.78 bits per heavy atom. The molecule has 3 nitrogen and oxygen atoms in total. The first-order valence-corrected chi connectivity index (χ1v) is 9.12. The van der Waals surface area contributed by atoms with Gasteiger partial charge in [-0.25, -0.2) is 0 Å². The van der Waals surface area contributed by atoms with Gasteiger partial charge in [0.15, 0.2) is 0 Å². The Hall–Kier alpha value is -1.65. The molecule has 4 heteroatoms. The van der Waals surface area contributed by atoms with Crippen molar-refractivity contribution in [3.8, 4) is 0 Å². The molecule has 0 aliphatic carbocycles. The minimum Gasteiger partial charge on any atom is -0.466 e. The molecule has 1 aliphatic heterocycles. The minimum atomic E-state index is -0.0638. The lowest BCUT2D eigenvalue weighted by atomic mass is 9.84. The number of carbonyl (C=O) groups is 1. The van der Waals surface area contributed by atoms with Crippen LogP contribution in [0.15, 0.2) is 47.8 Å². The van der Waals surface area contributed by atoms with E-state index in [1.54, 1.807) is 11.3 Å². The van der Waals surface area contributed by atoms with Crippen molar-refractivity contribution in [3.63, 3.8) is 0 Å². The Morgan fingerprint density at radius 1 is 1.26 bits per heavy atom. The molecule has 0 radical (unpaired) electrons. The highest BCUT2D eigenvalue weighted by Gasteiger charge is 2.36. The summed E-state index contributed by atoms with van der Waals surface area (Å²) in [6.07, 6.45) is 1.01. The number of esters is 1. The highest BCUT2D eigenvalue weighted by molar-refractivity contribution is 7.10. The molecule has 1 aromatic carbocycles. The molecule has 0 N–H and O–H groups in total. The Morgan fingerprint density at radius 2 is 2.09 bits per heavy atom. The van der Waals surface area contributed by atoms with Gasteiger partial charge >= 0.3 is 5.97 Å². The maximum Gasteiger partial charge on any atom is 0.310 e. The average Bonchev–Trinajstić information content (AvgIpc) is 3.10. The fraction of sp³-hybridized carbons (Fsp3) is 0.421. The molecule has 3 rings (SSSR count). The molecule has 122 valence electrons. The first-order chi connectivity index (χ1) is 11.3. The Balaban J connectivity index is 1.72. The van der Waals surface area contributed by atoms with E-state index in [0.29, 0.717) is 12.5 Å². The van der Waals surface area contributed by atoms with Gasteiger partial charge in [-0.05, 0) is 36.9 Å². The smallest absolute Gasteiger partial charge is 0.310 e. The molecule has 2 atom stereocenters. The second kappa shape index (κ2) is 7.75. The molecular weight excluding hydrogens is 306 g/mol. The van der Waals surface area contributed by atoms with E-state index >= 15 is 0 Å². The molecule has 0 bridgehead atoms. The Labute approximate surface area is 141 Å². The normalized spacial score (nSPS) is 22.0. The monoisotopic (exact) mass is 329 g/mol. The van der Waals surface area contributed by atoms with Gasteiger partial charge in [0.05, 0.1) is 12.5 Å². The van der Waals surface area contributed by atoms with Crippen molar-refractivity contribution in [2.45, 2.75) is 25.8 Å². The summed E-state index contributed by atoms with van der Waals surface area (Å²) in [5, 5.41) is 2.09. The number of hydrogen-bond donors (Lipinski definition) is 0. The molecule has 0 unspecified atom stereocenters. The minimum absolute atomic E-state index is 0.0522. The van der Waals surface area contributed by atoms with Crippen LogP contribution in [0, 0.1) is 5.92 Å². The molecular formula is C19H23NO2S. The molecule has 2 heterocycles.